The van der Waals surface area contributed by atoms with E-state index in [1.54, 1.807) is 0 Å². The summed E-state index contributed by atoms with van der Waals surface area (Å²) in [5.41, 5.74) is 4.15. The topological polar surface area (TPSA) is 72.6 Å². The summed E-state index contributed by atoms with van der Waals surface area (Å²) >= 11 is 0. The van der Waals surface area contributed by atoms with Gasteiger partial charge in [-0.15, -0.1) is 0 Å². The van der Waals surface area contributed by atoms with Gasteiger partial charge in [0.1, 0.15) is 0 Å². The molecule has 0 aliphatic carbocycles. The number of guanidine groups is 1. The van der Waals surface area contributed by atoms with Gasteiger partial charge < -0.3 is 5.32 Å². The molecule has 24 heavy (non-hydrogen) atoms. The van der Waals surface area contributed by atoms with Crippen molar-refractivity contribution in [2.75, 3.05) is 5.32 Å². The summed E-state index contributed by atoms with van der Waals surface area (Å²) in [5.74, 6) is 0.441. The summed E-state index contributed by atoms with van der Waals surface area (Å²) in [6.07, 6.45) is 5.74. The second-order valence-corrected chi connectivity index (χ2v) is 5.58. The van der Waals surface area contributed by atoms with Gasteiger partial charge in [-0.3, -0.25) is 10.3 Å². The van der Waals surface area contributed by atoms with Gasteiger partial charge in [-0.2, -0.15) is 5.26 Å². The lowest BCUT2D eigenvalue weighted by Gasteiger charge is -2.17. The maximum atomic E-state index is 9.03. The number of aliphatic imine (C=N–C) groups is 2. The van der Waals surface area contributed by atoms with E-state index >= 15 is 0 Å². The molecule has 0 spiro atoms. The van der Waals surface area contributed by atoms with E-state index in [9.17, 15) is 0 Å². The molecule has 0 bridgehead atoms. The lowest BCUT2D eigenvalue weighted by atomic mass is 10.0. The fraction of sp³-hybridized carbons (Fsp3) is 0.211. The number of nitrogens with zero attached hydrogens (tertiary/aromatic N) is 3. The number of benzene rings is 2. The van der Waals surface area contributed by atoms with Crippen molar-refractivity contribution in [2.45, 2.75) is 25.8 Å². The summed E-state index contributed by atoms with van der Waals surface area (Å²) in [7, 11) is 0. The third-order valence-corrected chi connectivity index (χ3v) is 3.94. The van der Waals surface area contributed by atoms with Crippen molar-refractivity contribution in [3.63, 3.8) is 0 Å². The number of nitrogens with one attached hydrogen (secondary N) is 2. The van der Waals surface area contributed by atoms with Gasteiger partial charge in [0.2, 0.25) is 5.96 Å². The Kier molecular flexibility index (Phi) is 4.87. The van der Waals surface area contributed by atoms with Gasteiger partial charge in [-0.25, -0.2) is 4.99 Å². The Morgan fingerprint density at radius 2 is 2.04 bits per heavy atom. The minimum atomic E-state index is -0.0629. The van der Waals surface area contributed by atoms with Crippen LogP contribution in [0.3, 0.4) is 0 Å². The Labute approximate surface area is 141 Å². The van der Waals surface area contributed by atoms with E-state index in [1.807, 2.05) is 67.9 Å². The maximum Gasteiger partial charge on any atom is 0.209 e. The highest BCUT2D eigenvalue weighted by Crippen LogP contribution is 2.30. The monoisotopic (exact) mass is 317 g/mol. The highest BCUT2D eigenvalue weighted by atomic mass is 15.2. The molecular weight excluding hydrogens is 298 g/mol. The third kappa shape index (κ3) is 3.61. The first-order valence-corrected chi connectivity index (χ1v) is 7.97. The highest BCUT2D eigenvalue weighted by Gasteiger charge is 2.13. The average molecular weight is 317 g/mol. The van der Waals surface area contributed by atoms with Crippen LogP contribution in [0.2, 0.25) is 0 Å². The summed E-state index contributed by atoms with van der Waals surface area (Å²) < 4.78 is 0. The Hall–Kier alpha value is -3.13. The molecule has 1 atom stereocenters. The van der Waals surface area contributed by atoms with E-state index in [4.69, 9.17) is 5.26 Å². The van der Waals surface area contributed by atoms with Crippen LogP contribution in [-0.4, -0.2) is 12.2 Å². The molecule has 0 aromatic heterocycles. The van der Waals surface area contributed by atoms with Crippen molar-refractivity contribution in [2.24, 2.45) is 9.98 Å². The number of fused-ring (bicyclic) bond motifs is 1. The Balaban J connectivity index is 1.86. The van der Waals surface area contributed by atoms with Crippen molar-refractivity contribution < 1.29 is 0 Å². The van der Waals surface area contributed by atoms with Crippen molar-refractivity contribution in [3.8, 4) is 6.19 Å². The fourth-order valence-corrected chi connectivity index (χ4v) is 2.72. The molecule has 0 radical (unpaired) electrons. The summed E-state index contributed by atoms with van der Waals surface area (Å²) in [5, 5.41) is 14.9. The largest absolute Gasteiger partial charge is 0.325 e. The summed E-state index contributed by atoms with van der Waals surface area (Å²) in [6, 6.07) is 15.9. The van der Waals surface area contributed by atoms with E-state index in [1.165, 1.54) is 0 Å². The predicted molar refractivity (Wildman–Crippen MR) is 97.6 cm³/mol. The van der Waals surface area contributed by atoms with Crippen molar-refractivity contribution in [1.82, 2.24) is 5.32 Å². The molecule has 0 amide bonds. The molecule has 0 saturated carbocycles. The zero-order valence-corrected chi connectivity index (χ0v) is 13.5. The van der Waals surface area contributed by atoms with Crippen LogP contribution < -0.4 is 10.6 Å². The molecule has 0 unspecified atom stereocenters. The number of rotatable bonds is 3. The molecule has 1 aliphatic rings. The van der Waals surface area contributed by atoms with Gasteiger partial charge in [0.05, 0.1) is 11.7 Å². The Morgan fingerprint density at radius 3 is 2.83 bits per heavy atom. The number of hydrogen-bond donors (Lipinski definition) is 2. The molecule has 3 rings (SSSR count). The van der Waals surface area contributed by atoms with Gasteiger partial charge in [0.15, 0.2) is 6.19 Å². The van der Waals surface area contributed by atoms with Crippen LogP contribution >= 0.6 is 0 Å². The van der Waals surface area contributed by atoms with Crippen LogP contribution in [0.1, 0.15) is 30.5 Å². The molecule has 1 aliphatic heterocycles. The third-order valence-electron chi connectivity index (χ3n) is 3.94. The van der Waals surface area contributed by atoms with E-state index in [-0.39, 0.29) is 6.04 Å². The second kappa shape index (κ2) is 7.42. The lowest BCUT2D eigenvalue weighted by Crippen LogP contribution is -2.28. The molecule has 2 aromatic carbocycles. The molecule has 2 N–H and O–H groups in total. The number of nitriles is 1. The first-order valence-electron chi connectivity index (χ1n) is 7.97. The molecule has 2 aromatic rings. The van der Waals surface area contributed by atoms with Crippen LogP contribution in [0.4, 0.5) is 11.4 Å². The van der Waals surface area contributed by atoms with Gasteiger partial charge >= 0.3 is 0 Å². The van der Waals surface area contributed by atoms with Gasteiger partial charge in [-0.05, 0) is 37.5 Å². The highest BCUT2D eigenvalue weighted by molar-refractivity contribution is 5.96. The van der Waals surface area contributed by atoms with Crippen LogP contribution in [0.5, 0.6) is 0 Å². The van der Waals surface area contributed by atoms with Crippen LogP contribution in [0, 0.1) is 11.5 Å². The normalized spacial score (nSPS) is 14.4. The Bertz CT molecular complexity index is 802. The standard InChI is InChI=1S/C19H19N5/c1-14(15-7-3-2-4-8-15)23-19(22-13-20)24-18-11-5-10-17-16(18)9-6-12-21-17/h2-5,7-8,10-12,14H,6,9H2,1H3,(H2,22,23,24)/t14-/m0/s1. The molecular formula is C19H19N5. The molecule has 0 saturated heterocycles. The maximum absolute atomic E-state index is 9.03. The van der Waals surface area contributed by atoms with Gasteiger partial charge in [-0.1, -0.05) is 36.4 Å². The zero-order chi connectivity index (χ0) is 16.8. The molecule has 0 fully saturated rings. The predicted octanol–water partition coefficient (Wildman–Crippen LogP) is 3.93. The molecule has 120 valence electrons. The van der Waals surface area contributed by atoms with Gasteiger partial charge in [0.25, 0.3) is 0 Å². The van der Waals surface area contributed by atoms with Crippen molar-refractivity contribution in [1.29, 1.82) is 5.26 Å². The molecule has 5 nitrogen and oxygen atoms in total. The van der Waals surface area contributed by atoms with E-state index in [0.29, 0.717) is 5.96 Å². The van der Waals surface area contributed by atoms with Crippen LogP contribution in [0.25, 0.3) is 0 Å². The first-order chi connectivity index (χ1) is 11.8. The average Bonchev–Trinajstić information content (AvgIpc) is 2.63. The van der Waals surface area contributed by atoms with Crippen molar-refractivity contribution in [3.05, 3.63) is 59.7 Å². The van der Waals surface area contributed by atoms with E-state index < -0.39 is 0 Å². The number of hydrogen-bond acceptors (Lipinski definition) is 3. The fourth-order valence-electron chi connectivity index (χ4n) is 2.72. The SMILES string of the molecule is C[C@H](N=C(NC#N)Nc1cccc2c1CCC=N2)c1ccccc1. The Morgan fingerprint density at radius 1 is 1.21 bits per heavy atom. The number of anilines is 1. The van der Waals surface area contributed by atoms with E-state index in [2.05, 4.69) is 20.6 Å². The minimum Gasteiger partial charge on any atom is -0.325 e. The first kappa shape index (κ1) is 15.8. The summed E-state index contributed by atoms with van der Waals surface area (Å²) in [4.78, 5) is 9.04. The van der Waals surface area contributed by atoms with Gasteiger partial charge in [0, 0.05) is 17.5 Å². The van der Waals surface area contributed by atoms with Crippen LogP contribution in [-0.2, 0) is 6.42 Å². The zero-order valence-electron chi connectivity index (χ0n) is 13.5. The second-order valence-electron chi connectivity index (χ2n) is 5.58. The lowest BCUT2D eigenvalue weighted by molar-refractivity contribution is 0.813. The minimum absolute atomic E-state index is 0.0629. The van der Waals surface area contributed by atoms with E-state index in [0.717, 1.165) is 35.3 Å². The smallest absolute Gasteiger partial charge is 0.209 e. The molecule has 5 heteroatoms. The summed E-state index contributed by atoms with van der Waals surface area (Å²) in [6.45, 7) is 2.00. The molecule has 1 heterocycles. The van der Waals surface area contributed by atoms with Crippen molar-refractivity contribution >= 4 is 23.5 Å². The van der Waals surface area contributed by atoms with Crippen LogP contribution in [0.15, 0.2) is 58.5 Å². The quantitative estimate of drug-likeness (QED) is 0.390.